The smallest absolute Gasteiger partial charge is 0.279 e. The first-order valence-corrected chi connectivity index (χ1v) is 9.68. The number of azo groups is 1. The molecule has 3 aromatic rings. The molecule has 0 aliphatic carbocycles. The highest BCUT2D eigenvalue weighted by Crippen LogP contribution is 2.31. The molecule has 8 nitrogen and oxygen atoms in total. The van der Waals surface area contributed by atoms with E-state index >= 15 is 0 Å². The summed E-state index contributed by atoms with van der Waals surface area (Å²) in [6, 6.07) is 9.98. The highest BCUT2D eigenvalue weighted by Gasteiger charge is 2.16. The Hall–Kier alpha value is -3.65. The lowest BCUT2D eigenvalue weighted by molar-refractivity contribution is -0.113. The molecule has 0 aliphatic rings. The number of rotatable bonds is 5. The third-order valence-electron chi connectivity index (χ3n) is 4.54. The van der Waals surface area contributed by atoms with E-state index in [4.69, 9.17) is 16.3 Å². The van der Waals surface area contributed by atoms with E-state index in [0.29, 0.717) is 17.0 Å². The standard InChI is InChI=1S/C22H21ClN4O4/c1-11-5-6-19(31-4)18(7-11)25-22(30)21(13(3)28)27-26-17-10-16-14(9-15(17)23)12(2)8-20(29)24-16/h5-10,28H,1-4H3,(H,24,29)(H,25,30)/b21-13-,27-26?. The van der Waals surface area contributed by atoms with Crippen molar-refractivity contribution in [3.05, 3.63) is 74.4 Å². The summed E-state index contributed by atoms with van der Waals surface area (Å²) in [7, 11) is 1.49. The van der Waals surface area contributed by atoms with Gasteiger partial charge in [-0.25, -0.2) is 0 Å². The molecule has 0 saturated heterocycles. The number of aromatic amines is 1. The number of ether oxygens (including phenoxy) is 1. The lowest BCUT2D eigenvalue weighted by atomic mass is 10.1. The van der Waals surface area contributed by atoms with Crippen molar-refractivity contribution in [2.75, 3.05) is 12.4 Å². The van der Waals surface area contributed by atoms with Crippen molar-refractivity contribution in [3.8, 4) is 5.75 Å². The van der Waals surface area contributed by atoms with E-state index in [0.717, 1.165) is 16.5 Å². The van der Waals surface area contributed by atoms with Gasteiger partial charge in [0.05, 0.1) is 23.3 Å². The third kappa shape index (κ3) is 4.92. The number of carbonyl (C=O) groups is 1. The fourth-order valence-electron chi connectivity index (χ4n) is 3.00. The predicted molar refractivity (Wildman–Crippen MR) is 121 cm³/mol. The highest BCUT2D eigenvalue weighted by molar-refractivity contribution is 6.33. The van der Waals surface area contributed by atoms with Gasteiger partial charge < -0.3 is 20.1 Å². The number of hydrogen-bond donors (Lipinski definition) is 3. The molecule has 3 N–H and O–H groups in total. The van der Waals surface area contributed by atoms with E-state index < -0.39 is 5.91 Å². The van der Waals surface area contributed by atoms with E-state index in [9.17, 15) is 14.7 Å². The number of pyridine rings is 1. The SMILES string of the molecule is COc1ccc(C)cc1NC(=O)/C(N=Nc1cc2[nH]c(=O)cc(C)c2cc1Cl)=C(\C)O. The first kappa shape index (κ1) is 22.0. The fraction of sp³-hybridized carbons (Fsp3) is 0.182. The van der Waals surface area contributed by atoms with E-state index in [-0.39, 0.29) is 27.7 Å². The second kappa shape index (κ2) is 9.01. The molecular weight excluding hydrogens is 420 g/mol. The number of benzene rings is 2. The van der Waals surface area contributed by atoms with Crippen LogP contribution in [0, 0.1) is 13.8 Å². The van der Waals surface area contributed by atoms with Crippen molar-refractivity contribution < 1.29 is 14.6 Å². The molecule has 31 heavy (non-hydrogen) atoms. The molecule has 1 amide bonds. The van der Waals surface area contributed by atoms with Crippen molar-refractivity contribution in [1.29, 1.82) is 0 Å². The molecule has 0 aliphatic heterocycles. The van der Waals surface area contributed by atoms with Crippen LogP contribution in [0.5, 0.6) is 5.75 Å². The number of anilines is 1. The van der Waals surface area contributed by atoms with Gasteiger partial charge in [-0.3, -0.25) is 9.59 Å². The second-order valence-electron chi connectivity index (χ2n) is 6.96. The lowest BCUT2D eigenvalue weighted by Gasteiger charge is -2.11. The summed E-state index contributed by atoms with van der Waals surface area (Å²) < 4.78 is 5.25. The first-order valence-electron chi connectivity index (χ1n) is 9.30. The molecule has 2 aromatic carbocycles. The number of carbonyl (C=O) groups excluding carboxylic acids is 1. The van der Waals surface area contributed by atoms with Gasteiger partial charge in [-0.15, -0.1) is 10.2 Å². The quantitative estimate of drug-likeness (QED) is 0.283. The molecule has 160 valence electrons. The number of aliphatic hydroxyl groups is 1. The molecule has 1 aromatic heterocycles. The van der Waals surface area contributed by atoms with Crippen LogP contribution in [0.4, 0.5) is 11.4 Å². The number of halogens is 1. The van der Waals surface area contributed by atoms with E-state index in [2.05, 4.69) is 20.5 Å². The number of amides is 1. The Morgan fingerprint density at radius 1 is 1.19 bits per heavy atom. The average molecular weight is 441 g/mol. The van der Waals surface area contributed by atoms with Crippen LogP contribution >= 0.6 is 11.6 Å². The molecule has 0 atom stereocenters. The van der Waals surface area contributed by atoms with Crippen molar-refractivity contribution >= 4 is 39.8 Å². The molecule has 0 saturated carbocycles. The fourth-order valence-corrected chi connectivity index (χ4v) is 3.20. The molecule has 0 radical (unpaired) electrons. The normalized spacial score (nSPS) is 12.2. The monoisotopic (exact) mass is 440 g/mol. The summed E-state index contributed by atoms with van der Waals surface area (Å²) in [5, 5.41) is 21.6. The van der Waals surface area contributed by atoms with Crippen LogP contribution in [0.2, 0.25) is 5.02 Å². The summed E-state index contributed by atoms with van der Waals surface area (Å²) >= 11 is 6.30. The summed E-state index contributed by atoms with van der Waals surface area (Å²) in [6.07, 6.45) is 0. The topological polar surface area (TPSA) is 116 Å². The predicted octanol–water partition coefficient (Wildman–Crippen LogP) is 5.32. The molecule has 3 rings (SSSR count). The van der Waals surface area contributed by atoms with Crippen LogP contribution in [0.1, 0.15) is 18.1 Å². The van der Waals surface area contributed by atoms with Crippen LogP contribution in [0.25, 0.3) is 10.9 Å². The maximum absolute atomic E-state index is 12.7. The Kier molecular flexibility index (Phi) is 6.41. The van der Waals surface area contributed by atoms with Crippen molar-refractivity contribution in [3.63, 3.8) is 0 Å². The number of methoxy groups -OCH3 is 1. The first-order chi connectivity index (χ1) is 14.7. The van der Waals surface area contributed by atoms with Crippen LogP contribution < -0.4 is 15.6 Å². The largest absolute Gasteiger partial charge is 0.510 e. The van der Waals surface area contributed by atoms with Crippen molar-refractivity contribution in [2.24, 2.45) is 10.2 Å². The number of aromatic nitrogens is 1. The second-order valence-corrected chi connectivity index (χ2v) is 7.36. The van der Waals surface area contributed by atoms with Gasteiger partial charge >= 0.3 is 0 Å². The molecule has 0 fully saturated rings. The molecule has 9 heteroatoms. The molecule has 1 heterocycles. The van der Waals surface area contributed by atoms with Crippen LogP contribution in [-0.4, -0.2) is 23.1 Å². The van der Waals surface area contributed by atoms with Gasteiger partial charge in [0, 0.05) is 11.5 Å². The highest BCUT2D eigenvalue weighted by atomic mass is 35.5. The average Bonchev–Trinajstić information content (AvgIpc) is 2.69. The van der Waals surface area contributed by atoms with Gasteiger partial charge in [-0.05, 0) is 56.2 Å². The van der Waals surface area contributed by atoms with Crippen LogP contribution in [-0.2, 0) is 4.79 Å². The Bertz CT molecular complexity index is 1290. The summed E-state index contributed by atoms with van der Waals surface area (Å²) in [6.45, 7) is 5.00. The number of fused-ring (bicyclic) bond motifs is 1. The Balaban J connectivity index is 1.94. The molecule has 0 spiro atoms. The zero-order valence-electron chi connectivity index (χ0n) is 17.4. The number of allylic oxidation sites excluding steroid dienone is 1. The minimum atomic E-state index is -0.672. The van der Waals surface area contributed by atoms with Crippen LogP contribution in [0.3, 0.4) is 0 Å². The third-order valence-corrected chi connectivity index (χ3v) is 4.84. The Labute approximate surface area is 183 Å². The maximum Gasteiger partial charge on any atom is 0.279 e. The number of nitrogens with zero attached hydrogens (tertiary/aromatic N) is 2. The summed E-state index contributed by atoms with van der Waals surface area (Å²) in [5.74, 6) is -0.537. The number of aliphatic hydroxyl groups excluding tert-OH is 1. The zero-order valence-corrected chi connectivity index (χ0v) is 18.2. The van der Waals surface area contributed by atoms with Crippen molar-refractivity contribution in [2.45, 2.75) is 20.8 Å². The minimum absolute atomic E-state index is 0.232. The van der Waals surface area contributed by atoms with Crippen LogP contribution in [0.15, 0.2) is 62.9 Å². The Morgan fingerprint density at radius 3 is 2.61 bits per heavy atom. The van der Waals surface area contributed by atoms with Gasteiger partial charge in [0.15, 0.2) is 5.70 Å². The number of nitrogens with one attached hydrogen (secondary N) is 2. The van der Waals surface area contributed by atoms with Gasteiger partial charge in [-0.2, -0.15) is 0 Å². The minimum Gasteiger partial charge on any atom is -0.510 e. The number of H-pyrrole nitrogens is 1. The van der Waals surface area contributed by atoms with Crippen molar-refractivity contribution in [1.82, 2.24) is 4.98 Å². The zero-order chi connectivity index (χ0) is 22.7. The summed E-state index contributed by atoms with van der Waals surface area (Å²) in [4.78, 5) is 27.2. The van der Waals surface area contributed by atoms with Gasteiger partial charge in [0.1, 0.15) is 17.2 Å². The molecule has 0 unspecified atom stereocenters. The van der Waals surface area contributed by atoms with Gasteiger partial charge in [0.25, 0.3) is 5.91 Å². The van der Waals surface area contributed by atoms with E-state index in [1.807, 2.05) is 13.0 Å². The number of aryl methyl sites for hydroxylation is 2. The van der Waals surface area contributed by atoms with E-state index in [1.165, 1.54) is 20.1 Å². The number of hydrogen-bond acceptors (Lipinski definition) is 6. The lowest BCUT2D eigenvalue weighted by Crippen LogP contribution is -2.15. The van der Waals surface area contributed by atoms with E-state index in [1.54, 1.807) is 31.2 Å². The molecular formula is C22H21ClN4O4. The van der Waals surface area contributed by atoms with Gasteiger partial charge in [-0.1, -0.05) is 17.7 Å². The molecule has 0 bridgehead atoms. The summed E-state index contributed by atoms with van der Waals surface area (Å²) in [5.41, 5.74) is 2.32. The maximum atomic E-state index is 12.7. The Morgan fingerprint density at radius 2 is 1.94 bits per heavy atom. The van der Waals surface area contributed by atoms with Gasteiger partial charge in [0.2, 0.25) is 5.56 Å².